The first-order chi connectivity index (χ1) is 8.55. The molecule has 0 amide bonds. The number of sulfonamides is 1. The van der Waals surface area contributed by atoms with Crippen molar-refractivity contribution in [2.24, 2.45) is 0 Å². The first-order valence-corrected chi connectivity index (χ1v) is 6.69. The molecule has 0 radical (unpaired) electrons. The molecule has 6 nitrogen and oxygen atoms in total. The summed E-state index contributed by atoms with van der Waals surface area (Å²) in [6, 6.07) is 4.47. The minimum atomic E-state index is -3.72. The fraction of sp³-hybridized carbons (Fsp3) is 0.364. The Bertz CT molecular complexity index is 512. The van der Waals surface area contributed by atoms with E-state index >= 15 is 0 Å². The van der Waals surface area contributed by atoms with Gasteiger partial charge in [-0.1, -0.05) is 0 Å². The van der Waals surface area contributed by atoms with Gasteiger partial charge in [-0.25, -0.2) is 13.1 Å². The first kappa shape index (κ1) is 14.5. The normalized spacial score (nSPS) is 11.0. The molecule has 1 aromatic carbocycles. The number of methoxy groups -OCH3 is 2. The van der Waals surface area contributed by atoms with Crippen LogP contribution in [0.2, 0.25) is 0 Å². The van der Waals surface area contributed by atoms with Crippen molar-refractivity contribution in [2.75, 3.05) is 20.8 Å². The van der Waals surface area contributed by atoms with Gasteiger partial charge in [-0.2, -0.15) is 0 Å². The van der Waals surface area contributed by atoms with Gasteiger partial charge in [0, 0.05) is 19.0 Å². The predicted molar refractivity (Wildman–Crippen MR) is 65.4 cm³/mol. The van der Waals surface area contributed by atoms with Gasteiger partial charge in [0.2, 0.25) is 10.0 Å². The minimum absolute atomic E-state index is 0.0183. The molecule has 0 saturated heterocycles. The third kappa shape index (κ3) is 3.44. The number of hydrogen-bond donors (Lipinski definition) is 1. The maximum absolute atomic E-state index is 12.0. The third-order valence-corrected chi connectivity index (χ3v) is 3.70. The van der Waals surface area contributed by atoms with Gasteiger partial charge in [0.25, 0.3) is 0 Å². The Morgan fingerprint density at radius 2 is 2.00 bits per heavy atom. The summed E-state index contributed by atoms with van der Waals surface area (Å²) in [6.45, 7) is 0.0478. The van der Waals surface area contributed by atoms with Crippen molar-refractivity contribution in [1.82, 2.24) is 4.72 Å². The van der Waals surface area contributed by atoms with E-state index in [2.05, 4.69) is 4.72 Å². The summed E-state index contributed by atoms with van der Waals surface area (Å²) in [6.07, 6.45) is 0.761. The molecule has 7 heteroatoms. The Morgan fingerprint density at radius 3 is 2.56 bits per heavy atom. The van der Waals surface area contributed by atoms with Gasteiger partial charge in [0.05, 0.1) is 14.2 Å². The monoisotopic (exact) mass is 273 g/mol. The number of hydrogen-bond acceptors (Lipinski definition) is 5. The van der Waals surface area contributed by atoms with E-state index in [1.807, 2.05) is 0 Å². The highest BCUT2D eigenvalue weighted by atomic mass is 32.2. The van der Waals surface area contributed by atoms with Crippen LogP contribution in [-0.2, 0) is 14.8 Å². The number of carbonyl (C=O) groups is 1. The van der Waals surface area contributed by atoms with E-state index in [4.69, 9.17) is 9.47 Å². The lowest BCUT2D eigenvalue weighted by atomic mass is 10.3. The lowest BCUT2D eigenvalue weighted by molar-refractivity contribution is -0.107. The van der Waals surface area contributed by atoms with E-state index in [9.17, 15) is 13.2 Å². The number of nitrogens with one attached hydrogen (secondary N) is 1. The summed E-state index contributed by atoms with van der Waals surface area (Å²) in [5.41, 5.74) is 0. The van der Waals surface area contributed by atoms with Crippen LogP contribution >= 0.6 is 0 Å². The van der Waals surface area contributed by atoms with Crippen molar-refractivity contribution in [2.45, 2.75) is 11.3 Å². The van der Waals surface area contributed by atoms with Crippen LogP contribution in [0.5, 0.6) is 11.5 Å². The van der Waals surface area contributed by atoms with E-state index in [-0.39, 0.29) is 23.6 Å². The second-order valence-electron chi connectivity index (χ2n) is 3.37. The highest BCUT2D eigenvalue weighted by molar-refractivity contribution is 7.89. The highest BCUT2D eigenvalue weighted by Crippen LogP contribution is 2.27. The number of ether oxygens (including phenoxy) is 2. The average molecular weight is 273 g/mol. The number of carbonyl (C=O) groups excluding carboxylic acids is 1. The van der Waals surface area contributed by atoms with Crippen LogP contribution in [0.15, 0.2) is 23.1 Å². The Kier molecular flexibility index (Phi) is 5.11. The summed E-state index contributed by atoms with van der Waals surface area (Å²) in [7, 11) is -0.898. The molecule has 0 heterocycles. The Labute approximate surface area is 106 Å². The molecule has 0 aliphatic rings. The van der Waals surface area contributed by atoms with Crippen molar-refractivity contribution in [3.8, 4) is 11.5 Å². The zero-order valence-corrected chi connectivity index (χ0v) is 11.0. The van der Waals surface area contributed by atoms with Gasteiger partial charge in [-0.15, -0.1) is 0 Å². The van der Waals surface area contributed by atoms with E-state index in [1.165, 1.54) is 26.4 Å². The second kappa shape index (κ2) is 6.36. The SMILES string of the molecule is COc1ccc(OC)c(S(=O)(=O)NCCC=O)c1. The molecule has 1 N–H and O–H groups in total. The van der Waals surface area contributed by atoms with Crippen molar-refractivity contribution in [3.05, 3.63) is 18.2 Å². The van der Waals surface area contributed by atoms with Crippen LogP contribution in [0.3, 0.4) is 0 Å². The van der Waals surface area contributed by atoms with Crippen LogP contribution in [-0.4, -0.2) is 35.5 Å². The van der Waals surface area contributed by atoms with Crippen LogP contribution in [0.25, 0.3) is 0 Å². The van der Waals surface area contributed by atoms with Crippen molar-refractivity contribution in [3.63, 3.8) is 0 Å². The van der Waals surface area contributed by atoms with Crippen LogP contribution in [0.1, 0.15) is 6.42 Å². The molecule has 18 heavy (non-hydrogen) atoms. The molecule has 0 bridgehead atoms. The van der Waals surface area contributed by atoms with E-state index in [0.29, 0.717) is 12.0 Å². The summed E-state index contributed by atoms with van der Waals surface area (Å²) < 4.78 is 36.3. The molecule has 1 aromatic rings. The number of aldehydes is 1. The summed E-state index contributed by atoms with van der Waals surface area (Å²) in [5, 5.41) is 0. The van der Waals surface area contributed by atoms with Crippen LogP contribution in [0, 0.1) is 0 Å². The average Bonchev–Trinajstić information content (AvgIpc) is 2.38. The quantitative estimate of drug-likeness (QED) is 0.580. The van der Waals surface area contributed by atoms with E-state index in [1.54, 1.807) is 6.07 Å². The molecule has 0 atom stereocenters. The summed E-state index contributed by atoms with van der Waals surface area (Å²) in [5.74, 6) is 0.626. The standard InChI is InChI=1S/C11H15NO5S/c1-16-9-4-5-10(17-2)11(8-9)18(14,15)12-6-3-7-13/h4-5,7-8,12H,3,6H2,1-2H3. The molecule has 0 aliphatic carbocycles. The van der Waals surface area contributed by atoms with E-state index in [0.717, 1.165) is 0 Å². The molecule has 0 aliphatic heterocycles. The third-order valence-electron chi connectivity index (χ3n) is 2.21. The minimum Gasteiger partial charge on any atom is -0.497 e. The fourth-order valence-electron chi connectivity index (χ4n) is 1.32. The zero-order chi connectivity index (χ0) is 13.6. The molecule has 1 rings (SSSR count). The largest absolute Gasteiger partial charge is 0.497 e. The molecule has 0 spiro atoms. The lowest BCUT2D eigenvalue weighted by Crippen LogP contribution is -2.25. The van der Waals surface area contributed by atoms with Gasteiger partial charge in [-0.05, 0) is 12.1 Å². The zero-order valence-electron chi connectivity index (χ0n) is 10.2. The Morgan fingerprint density at radius 1 is 1.28 bits per heavy atom. The van der Waals surface area contributed by atoms with E-state index < -0.39 is 10.0 Å². The van der Waals surface area contributed by atoms with Crippen molar-refractivity contribution >= 4 is 16.3 Å². The van der Waals surface area contributed by atoms with Gasteiger partial charge >= 0.3 is 0 Å². The maximum Gasteiger partial charge on any atom is 0.244 e. The van der Waals surface area contributed by atoms with Gasteiger partial charge < -0.3 is 14.3 Å². The lowest BCUT2D eigenvalue weighted by Gasteiger charge is -2.11. The van der Waals surface area contributed by atoms with Gasteiger partial charge in [-0.3, -0.25) is 0 Å². The molecule has 0 saturated carbocycles. The molecule has 100 valence electrons. The summed E-state index contributed by atoms with van der Waals surface area (Å²) in [4.78, 5) is 10.2. The highest BCUT2D eigenvalue weighted by Gasteiger charge is 2.19. The molecular formula is C11H15NO5S. The van der Waals surface area contributed by atoms with Gasteiger partial charge in [0.15, 0.2) is 0 Å². The molecule has 0 aromatic heterocycles. The summed E-state index contributed by atoms with van der Waals surface area (Å²) >= 11 is 0. The molecule has 0 unspecified atom stereocenters. The second-order valence-corrected chi connectivity index (χ2v) is 5.11. The Hall–Kier alpha value is -1.60. The fourth-order valence-corrected chi connectivity index (χ4v) is 2.55. The molecular weight excluding hydrogens is 258 g/mol. The smallest absolute Gasteiger partial charge is 0.244 e. The van der Waals surface area contributed by atoms with Gasteiger partial charge in [0.1, 0.15) is 22.7 Å². The van der Waals surface area contributed by atoms with Crippen LogP contribution in [0.4, 0.5) is 0 Å². The van der Waals surface area contributed by atoms with Crippen molar-refractivity contribution in [1.29, 1.82) is 0 Å². The topological polar surface area (TPSA) is 81.7 Å². The maximum atomic E-state index is 12.0. The first-order valence-electron chi connectivity index (χ1n) is 5.20. The number of rotatable bonds is 7. The number of benzene rings is 1. The predicted octanol–water partition coefficient (Wildman–Crippen LogP) is 0.571. The Balaban J connectivity index is 3.08. The van der Waals surface area contributed by atoms with Crippen molar-refractivity contribution < 1.29 is 22.7 Å². The molecule has 0 fully saturated rings. The van der Waals surface area contributed by atoms with Crippen LogP contribution < -0.4 is 14.2 Å².